The molecule has 0 aliphatic heterocycles. The summed E-state index contributed by atoms with van der Waals surface area (Å²) in [4.78, 5) is 2.52. The predicted octanol–water partition coefficient (Wildman–Crippen LogP) is 3.70. The summed E-state index contributed by atoms with van der Waals surface area (Å²) in [6.45, 7) is 11.3. The number of nitrogens with zero attached hydrogens (tertiary/aromatic N) is 1. The van der Waals surface area contributed by atoms with E-state index in [2.05, 4.69) is 44.7 Å². The Morgan fingerprint density at radius 2 is 1.94 bits per heavy atom. The van der Waals surface area contributed by atoms with Crippen LogP contribution in [-0.2, 0) is 0 Å². The summed E-state index contributed by atoms with van der Waals surface area (Å²) in [6, 6.07) is 8.68. The normalized spacial score (nSPS) is 14.9. The Labute approximate surface area is 106 Å². The fourth-order valence-corrected chi connectivity index (χ4v) is 2.12. The first-order valence-electron chi connectivity index (χ1n) is 6.67. The average Bonchev–Trinajstić information content (AvgIpc) is 2.34. The Kier molecular flexibility index (Phi) is 5.49. The van der Waals surface area contributed by atoms with Crippen LogP contribution in [0.2, 0.25) is 0 Å². The lowest BCUT2D eigenvalue weighted by molar-refractivity contribution is 0.190. The van der Waals surface area contributed by atoms with Crippen molar-refractivity contribution in [1.82, 2.24) is 4.90 Å². The van der Waals surface area contributed by atoms with Gasteiger partial charge in [-0.25, -0.2) is 0 Å². The molecule has 17 heavy (non-hydrogen) atoms. The molecule has 0 saturated heterocycles. The fourth-order valence-electron chi connectivity index (χ4n) is 2.12. The highest BCUT2D eigenvalue weighted by atomic mass is 15.1. The Bertz CT molecular complexity index is 335. The van der Waals surface area contributed by atoms with Crippen molar-refractivity contribution < 1.29 is 0 Å². The average molecular weight is 234 g/mol. The monoisotopic (exact) mass is 234 g/mol. The van der Waals surface area contributed by atoms with Gasteiger partial charge in [0.25, 0.3) is 0 Å². The van der Waals surface area contributed by atoms with E-state index in [4.69, 9.17) is 5.73 Å². The molecule has 2 heteroatoms. The molecule has 1 aromatic carbocycles. The maximum Gasteiger partial charge on any atom is 0.0320 e. The number of anilines is 1. The van der Waals surface area contributed by atoms with Crippen molar-refractivity contribution >= 4 is 5.69 Å². The molecule has 1 rings (SSSR count). The molecule has 0 fully saturated rings. The summed E-state index contributed by atoms with van der Waals surface area (Å²) >= 11 is 0. The molecule has 96 valence electrons. The zero-order valence-electron chi connectivity index (χ0n) is 11.6. The van der Waals surface area contributed by atoms with Crippen LogP contribution in [0.25, 0.3) is 0 Å². The molecule has 1 aromatic rings. The fraction of sp³-hybridized carbons (Fsp3) is 0.600. The van der Waals surface area contributed by atoms with Gasteiger partial charge in [0.1, 0.15) is 0 Å². The van der Waals surface area contributed by atoms with Gasteiger partial charge in [-0.1, -0.05) is 39.3 Å². The quantitative estimate of drug-likeness (QED) is 0.760. The standard InChI is InChI=1S/C15H26N2/c1-5-12(3)11-17(6-2)13(4)14-8-7-9-15(16)10-14/h7-10,12-13H,5-6,11,16H2,1-4H3. The SMILES string of the molecule is CCC(C)CN(CC)C(C)c1cccc(N)c1. The molecule has 0 aromatic heterocycles. The lowest BCUT2D eigenvalue weighted by Gasteiger charge is -2.30. The topological polar surface area (TPSA) is 29.3 Å². The number of hydrogen-bond donors (Lipinski definition) is 1. The number of hydrogen-bond acceptors (Lipinski definition) is 2. The van der Waals surface area contributed by atoms with Crippen molar-refractivity contribution in [2.75, 3.05) is 18.8 Å². The number of rotatable bonds is 6. The third-order valence-electron chi connectivity index (χ3n) is 3.59. The minimum atomic E-state index is 0.442. The summed E-state index contributed by atoms with van der Waals surface area (Å²) in [7, 11) is 0. The lowest BCUT2D eigenvalue weighted by Crippen LogP contribution is -2.31. The molecular weight excluding hydrogens is 208 g/mol. The minimum Gasteiger partial charge on any atom is -0.399 e. The van der Waals surface area contributed by atoms with Gasteiger partial charge in [-0.05, 0) is 37.1 Å². The highest BCUT2D eigenvalue weighted by molar-refractivity contribution is 5.41. The van der Waals surface area contributed by atoms with Crippen molar-refractivity contribution in [3.8, 4) is 0 Å². The molecule has 2 nitrogen and oxygen atoms in total. The van der Waals surface area contributed by atoms with Crippen LogP contribution >= 0.6 is 0 Å². The summed E-state index contributed by atoms with van der Waals surface area (Å²) < 4.78 is 0. The summed E-state index contributed by atoms with van der Waals surface area (Å²) in [5.41, 5.74) is 8.02. The Morgan fingerprint density at radius 1 is 1.24 bits per heavy atom. The van der Waals surface area contributed by atoms with Crippen LogP contribution in [0.1, 0.15) is 45.7 Å². The van der Waals surface area contributed by atoms with E-state index >= 15 is 0 Å². The predicted molar refractivity (Wildman–Crippen MR) is 76.0 cm³/mol. The van der Waals surface area contributed by atoms with E-state index in [9.17, 15) is 0 Å². The van der Waals surface area contributed by atoms with Crippen LogP contribution in [0.15, 0.2) is 24.3 Å². The lowest BCUT2D eigenvalue weighted by atomic mass is 10.0. The Balaban J connectivity index is 2.75. The van der Waals surface area contributed by atoms with E-state index in [0.717, 1.165) is 24.7 Å². The van der Waals surface area contributed by atoms with Crippen LogP contribution in [0.4, 0.5) is 5.69 Å². The van der Waals surface area contributed by atoms with Crippen LogP contribution in [0.5, 0.6) is 0 Å². The van der Waals surface area contributed by atoms with Crippen LogP contribution in [0.3, 0.4) is 0 Å². The molecule has 0 aliphatic rings. The largest absolute Gasteiger partial charge is 0.399 e. The maximum absolute atomic E-state index is 5.85. The second-order valence-electron chi connectivity index (χ2n) is 4.95. The Morgan fingerprint density at radius 3 is 2.47 bits per heavy atom. The van der Waals surface area contributed by atoms with Crippen molar-refractivity contribution in [1.29, 1.82) is 0 Å². The van der Waals surface area contributed by atoms with Gasteiger partial charge in [-0.2, -0.15) is 0 Å². The first-order valence-corrected chi connectivity index (χ1v) is 6.67. The summed E-state index contributed by atoms with van der Waals surface area (Å²) in [5, 5.41) is 0. The van der Waals surface area contributed by atoms with Crippen molar-refractivity contribution in [2.45, 2.75) is 40.2 Å². The van der Waals surface area contributed by atoms with Gasteiger partial charge in [0.15, 0.2) is 0 Å². The molecule has 0 bridgehead atoms. The second-order valence-corrected chi connectivity index (χ2v) is 4.95. The number of nitrogen functional groups attached to an aromatic ring is 1. The second kappa shape index (κ2) is 6.65. The minimum absolute atomic E-state index is 0.442. The van der Waals surface area contributed by atoms with E-state index < -0.39 is 0 Å². The van der Waals surface area contributed by atoms with Gasteiger partial charge in [0, 0.05) is 18.3 Å². The molecule has 0 spiro atoms. The van der Waals surface area contributed by atoms with Gasteiger partial charge in [0.2, 0.25) is 0 Å². The smallest absolute Gasteiger partial charge is 0.0320 e. The molecule has 2 atom stereocenters. The summed E-state index contributed by atoms with van der Waals surface area (Å²) in [6.07, 6.45) is 1.24. The van der Waals surface area contributed by atoms with Crippen molar-refractivity contribution in [3.05, 3.63) is 29.8 Å². The number of nitrogens with two attached hydrogens (primary N) is 1. The first kappa shape index (κ1) is 14.0. The van der Waals surface area contributed by atoms with Crippen molar-refractivity contribution in [3.63, 3.8) is 0 Å². The van der Waals surface area contributed by atoms with E-state index in [0.29, 0.717) is 6.04 Å². The van der Waals surface area contributed by atoms with Crippen LogP contribution in [-0.4, -0.2) is 18.0 Å². The third-order valence-corrected chi connectivity index (χ3v) is 3.59. The van der Waals surface area contributed by atoms with E-state index in [1.165, 1.54) is 12.0 Å². The molecule has 0 aliphatic carbocycles. The van der Waals surface area contributed by atoms with E-state index in [1.54, 1.807) is 0 Å². The highest BCUT2D eigenvalue weighted by Gasteiger charge is 2.16. The highest BCUT2D eigenvalue weighted by Crippen LogP contribution is 2.23. The maximum atomic E-state index is 5.85. The first-order chi connectivity index (χ1) is 8.08. The molecule has 0 amide bonds. The zero-order valence-corrected chi connectivity index (χ0v) is 11.6. The van der Waals surface area contributed by atoms with Crippen LogP contribution in [0, 0.1) is 5.92 Å². The summed E-state index contributed by atoms with van der Waals surface area (Å²) in [5.74, 6) is 0.749. The molecule has 0 radical (unpaired) electrons. The molecule has 2 N–H and O–H groups in total. The number of benzene rings is 1. The zero-order chi connectivity index (χ0) is 12.8. The third kappa shape index (κ3) is 4.04. The Hall–Kier alpha value is -1.02. The molecular formula is C15H26N2. The van der Waals surface area contributed by atoms with Gasteiger partial charge in [-0.15, -0.1) is 0 Å². The van der Waals surface area contributed by atoms with Gasteiger partial charge in [-0.3, -0.25) is 4.90 Å². The van der Waals surface area contributed by atoms with Crippen LogP contribution < -0.4 is 5.73 Å². The van der Waals surface area contributed by atoms with E-state index in [1.807, 2.05) is 12.1 Å². The van der Waals surface area contributed by atoms with Crippen molar-refractivity contribution in [2.24, 2.45) is 5.92 Å². The van der Waals surface area contributed by atoms with Gasteiger partial charge < -0.3 is 5.73 Å². The molecule has 0 heterocycles. The van der Waals surface area contributed by atoms with E-state index in [-0.39, 0.29) is 0 Å². The van der Waals surface area contributed by atoms with Gasteiger partial charge >= 0.3 is 0 Å². The molecule has 2 unspecified atom stereocenters. The van der Waals surface area contributed by atoms with Gasteiger partial charge in [0.05, 0.1) is 0 Å². The molecule has 0 saturated carbocycles.